The second-order valence-electron chi connectivity index (χ2n) is 0. The molecule has 0 saturated heterocycles. The predicted molar refractivity (Wildman–Crippen MR) is 7.84 cm³/mol. The molecule has 0 aromatic carbocycles. The van der Waals surface area contributed by atoms with Crippen molar-refractivity contribution in [2.24, 2.45) is 0 Å². The van der Waals surface area contributed by atoms with Gasteiger partial charge >= 0.3 is 75.7 Å². The first kappa shape index (κ1) is 15.8. The van der Waals surface area contributed by atoms with Crippen LogP contribution in [0.5, 0.6) is 0 Å². The van der Waals surface area contributed by atoms with E-state index in [1.54, 1.807) is 0 Å². The van der Waals surface area contributed by atoms with Crippen molar-refractivity contribution in [1.82, 2.24) is 0 Å². The van der Waals surface area contributed by atoms with Gasteiger partial charge in [0.25, 0.3) is 0 Å². The Hall–Kier alpha value is 2.92. The summed E-state index contributed by atoms with van der Waals surface area (Å²) in [5, 5.41) is 0. The fourth-order valence-electron chi connectivity index (χ4n) is 0. The van der Waals surface area contributed by atoms with Crippen LogP contribution in [0, 0.1) is 0 Å². The van der Waals surface area contributed by atoms with Crippen molar-refractivity contribution in [1.29, 1.82) is 0 Å². The molecule has 0 aliphatic heterocycles. The van der Waals surface area contributed by atoms with Gasteiger partial charge in [-0.25, -0.2) is 0 Å². The Bertz CT molecular complexity index is 8.00. The zero-order chi connectivity index (χ0) is 2.00. The van der Waals surface area contributed by atoms with E-state index in [4.69, 9.17) is 3.25 Å². The summed E-state index contributed by atoms with van der Waals surface area (Å²) >= 11 is 0.500. The molecule has 0 fully saturated rings. The third kappa shape index (κ3) is 8.87. The van der Waals surface area contributed by atoms with Crippen LogP contribution < -0.4 is 0 Å². The molecule has 0 bridgehead atoms. The molecule has 0 aliphatic rings. The summed E-state index contributed by atoms with van der Waals surface area (Å²) in [7, 11) is 0. The Balaban J connectivity index is -0.00000000500. The van der Waals surface area contributed by atoms with Gasteiger partial charge in [-0.3, -0.25) is 0 Å². The van der Waals surface area contributed by atoms with Crippen LogP contribution in [-0.4, -0.2) is 51.4 Å². The Kier molecular flexibility index (Phi) is 66.3. The topological polar surface area (TPSA) is 17.1 Å². The molecule has 4 heavy (non-hydrogen) atoms. The van der Waals surface area contributed by atoms with Crippen molar-refractivity contribution in [3.63, 3.8) is 0 Å². The van der Waals surface area contributed by atoms with E-state index in [-0.39, 0.29) is 73.8 Å². The molecule has 4 heteroatoms. The van der Waals surface area contributed by atoms with Gasteiger partial charge in [-0.2, -0.15) is 0 Å². The molecule has 0 aromatic heterocycles. The zero-order valence-electron chi connectivity index (χ0n) is 1.30. The van der Waals surface area contributed by atoms with Crippen LogP contribution in [-0.2, 0) is 46.7 Å². The van der Waals surface area contributed by atoms with Crippen molar-refractivity contribution in [2.45, 2.75) is 0 Å². The third-order valence-corrected chi connectivity index (χ3v) is 0. The molecule has 0 N–H and O–H groups in total. The monoisotopic (exact) mass is 330 g/mol. The molecular weight excluding hydrogens is 329 g/mol. The maximum absolute atomic E-state index is 8.30. The van der Waals surface area contributed by atoms with E-state index < -0.39 is 0 Å². The van der Waals surface area contributed by atoms with E-state index in [1.165, 1.54) is 0 Å². The molecule has 1 nitrogen and oxygen atoms in total. The number of hydrogen-bond acceptors (Lipinski definition) is 1. The molecule has 18 valence electrons. The normalized spacial score (nSPS) is 0.750. The van der Waals surface area contributed by atoms with Crippen LogP contribution in [0.2, 0.25) is 0 Å². The number of hydrogen-bond donors (Lipinski definition) is 0. The average Bonchev–Trinajstić information content (AvgIpc) is 1.00. The predicted octanol–water partition coefficient (Wildman–Crippen LogP) is -0.772. The van der Waals surface area contributed by atoms with Crippen LogP contribution >= 0.6 is 0 Å². The molecule has 0 saturated carbocycles. The molecule has 0 spiro atoms. The molecule has 0 atom stereocenters. The first-order chi connectivity index (χ1) is 1.00. The molecule has 0 unspecified atom stereocenters. The van der Waals surface area contributed by atoms with Crippen LogP contribution in [0.1, 0.15) is 0 Å². The van der Waals surface area contributed by atoms with E-state index in [0.717, 1.165) is 0 Å². The van der Waals surface area contributed by atoms with Gasteiger partial charge in [-0.05, 0) is 0 Å². The van der Waals surface area contributed by atoms with Crippen LogP contribution in [0.3, 0.4) is 0 Å². The second kappa shape index (κ2) is 16.8. The summed E-state index contributed by atoms with van der Waals surface area (Å²) in [6.45, 7) is 0. The standard InChI is InChI=1S/K.Nb.O.Ta.H. The fraction of sp³-hybridized carbons (Fsp3) is 0. The second-order valence-corrected chi connectivity index (χ2v) is 0. The number of rotatable bonds is 0. The Morgan fingerprint density at radius 1 is 1.25 bits per heavy atom. The smallest absolute Gasteiger partial charge is 0 e. The van der Waals surface area contributed by atoms with Gasteiger partial charge in [0, 0.05) is 22.4 Å². The minimum Gasteiger partial charge on any atom is 0 e. The van der Waals surface area contributed by atoms with Crippen molar-refractivity contribution >= 4 is 51.4 Å². The largest absolute Gasteiger partial charge is 0 e. The molecule has 0 aromatic rings. The quantitative estimate of drug-likeness (QED) is 0.533. The Labute approximate surface area is 95.5 Å². The summed E-state index contributed by atoms with van der Waals surface area (Å²) in [6, 6.07) is 0. The van der Waals surface area contributed by atoms with Crippen molar-refractivity contribution < 1.29 is 46.7 Å². The first-order valence-electron chi connectivity index (χ1n) is 0.183. The van der Waals surface area contributed by atoms with Crippen LogP contribution in [0.4, 0.5) is 0 Å². The van der Waals surface area contributed by atoms with E-state index in [1.807, 2.05) is 0 Å². The maximum atomic E-state index is 8.30. The fourth-order valence-corrected chi connectivity index (χ4v) is 0. The van der Waals surface area contributed by atoms with Crippen molar-refractivity contribution in [3.05, 3.63) is 0 Å². The summed E-state index contributed by atoms with van der Waals surface area (Å²) in [5.74, 6) is 0. The molecule has 0 aliphatic carbocycles. The van der Waals surface area contributed by atoms with E-state index in [2.05, 4.69) is 0 Å². The minimum absolute atomic E-state index is 0. The molecule has 0 rings (SSSR count). The van der Waals surface area contributed by atoms with Crippen LogP contribution in [0.25, 0.3) is 0 Å². The molecule has 1 radical (unpaired) electrons. The summed E-state index contributed by atoms with van der Waals surface area (Å²) < 4.78 is 8.30. The minimum atomic E-state index is 0. The molecular formula is HKNbOTa. The summed E-state index contributed by atoms with van der Waals surface area (Å²) in [5.41, 5.74) is 0. The van der Waals surface area contributed by atoms with E-state index in [0.29, 0.717) is 21.0 Å². The maximum Gasteiger partial charge on any atom is 0 e. The van der Waals surface area contributed by atoms with Gasteiger partial charge < -0.3 is 0 Å². The third-order valence-electron chi connectivity index (χ3n) is 0. The average molecular weight is 330 g/mol. The van der Waals surface area contributed by atoms with E-state index >= 15 is 0 Å². The van der Waals surface area contributed by atoms with Crippen molar-refractivity contribution in [2.75, 3.05) is 0 Å². The van der Waals surface area contributed by atoms with Gasteiger partial charge in [0.1, 0.15) is 0 Å². The van der Waals surface area contributed by atoms with E-state index in [9.17, 15) is 0 Å². The SMILES string of the molecule is [KH].[O]=[Nb].[Ta]. The van der Waals surface area contributed by atoms with Gasteiger partial charge in [0.05, 0.1) is 0 Å². The van der Waals surface area contributed by atoms with Gasteiger partial charge in [-0.1, -0.05) is 0 Å². The summed E-state index contributed by atoms with van der Waals surface area (Å²) in [6.07, 6.45) is 0. The molecule has 0 amide bonds. The van der Waals surface area contributed by atoms with Crippen LogP contribution in [0.15, 0.2) is 0 Å². The Morgan fingerprint density at radius 2 is 1.25 bits per heavy atom. The van der Waals surface area contributed by atoms with Crippen molar-refractivity contribution in [3.8, 4) is 0 Å². The van der Waals surface area contributed by atoms with Gasteiger partial charge in [0.2, 0.25) is 0 Å². The molecule has 0 heterocycles. The van der Waals surface area contributed by atoms with Gasteiger partial charge in [0.15, 0.2) is 0 Å². The zero-order valence-corrected chi connectivity index (χ0v) is 6.71. The summed E-state index contributed by atoms with van der Waals surface area (Å²) in [4.78, 5) is 0. The Morgan fingerprint density at radius 3 is 1.25 bits per heavy atom. The first-order valence-corrected chi connectivity index (χ1v) is 1.08. The van der Waals surface area contributed by atoms with Gasteiger partial charge in [-0.15, -0.1) is 0 Å².